The highest BCUT2D eigenvalue weighted by Crippen LogP contribution is 2.13. The van der Waals surface area contributed by atoms with Crippen LogP contribution in [0.25, 0.3) is 0 Å². The van der Waals surface area contributed by atoms with Gasteiger partial charge in [-0.15, -0.1) is 0 Å². The first-order valence-electron chi connectivity index (χ1n) is 6.39. The Hall–Kier alpha value is -1.88. The molecule has 0 aliphatic rings. The molecule has 0 aliphatic heterocycles. The molecule has 0 radical (unpaired) electrons. The van der Waals surface area contributed by atoms with Crippen LogP contribution >= 0.6 is 0 Å². The van der Waals surface area contributed by atoms with E-state index in [0.717, 1.165) is 0 Å². The van der Waals surface area contributed by atoms with Gasteiger partial charge in [0.25, 0.3) is 5.91 Å². The maximum atomic E-state index is 11.9. The Balaban J connectivity index is 2.72. The molecule has 0 heterocycles. The third-order valence-electron chi connectivity index (χ3n) is 3.00. The van der Waals surface area contributed by atoms with E-state index < -0.39 is 5.54 Å². The zero-order valence-electron chi connectivity index (χ0n) is 11.6. The Morgan fingerprint density at radius 2 is 1.79 bits per heavy atom. The van der Waals surface area contributed by atoms with Crippen LogP contribution in [0, 0.1) is 0 Å². The van der Waals surface area contributed by atoms with E-state index in [4.69, 9.17) is 5.73 Å². The summed E-state index contributed by atoms with van der Waals surface area (Å²) in [5.41, 5.74) is 6.15. The number of carbonyl (C=O) groups is 2. The standard InChI is InChI=1S/C14H21N3O2/c1-4-14(3,15)13(19)17-11-8-6-10(7-9-11)12(18)16-5-2/h6-9H,4-5,15H2,1-3H3,(H,16,18)(H,17,19). The Bertz CT molecular complexity index is 452. The van der Waals surface area contributed by atoms with Crippen LogP contribution in [0.15, 0.2) is 24.3 Å². The highest BCUT2D eigenvalue weighted by molar-refractivity contribution is 5.98. The number of nitrogens with two attached hydrogens (primary N) is 1. The summed E-state index contributed by atoms with van der Waals surface area (Å²) in [4.78, 5) is 23.4. The fourth-order valence-electron chi connectivity index (χ4n) is 1.40. The molecule has 1 rings (SSSR count). The van der Waals surface area contributed by atoms with Crippen molar-refractivity contribution in [3.8, 4) is 0 Å². The van der Waals surface area contributed by atoms with E-state index in [1.54, 1.807) is 31.2 Å². The molecule has 1 atom stereocenters. The zero-order valence-corrected chi connectivity index (χ0v) is 11.6. The molecule has 1 unspecified atom stereocenters. The monoisotopic (exact) mass is 263 g/mol. The van der Waals surface area contributed by atoms with Crippen LogP contribution in [-0.4, -0.2) is 23.9 Å². The normalized spacial score (nSPS) is 13.5. The smallest absolute Gasteiger partial charge is 0.251 e. The predicted molar refractivity (Wildman–Crippen MR) is 76.0 cm³/mol. The van der Waals surface area contributed by atoms with Crippen LogP contribution in [0.4, 0.5) is 5.69 Å². The Morgan fingerprint density at radius 3 is 2.26 bits per heavy atom. The Labute approximate surface area is 113 Å². The van der Waals surface area contributed by atoms with E-state index in [0.29, 0.717) is 24.2 Å². The van der Waals surface area contributed by atoms with Crippen molar-refractivity contribution in [2.24, 2.45) is 5.73 Å². The lowest BCUT2D eigenvalue weighted by Crippen LogP contribution is -2.47. The average Bonchev–Trinajstić information content (AvgIpc) is 2.39. The molecule has 0 saturated heterocycles. The first-order chi connectivity index (χ1) is 8.90. The SMILES string of the molecule is CCNC(=O)c1ccc(NC(=O)C(C)(N)CC)cc1. The summed E-state index contributed by atoms with van der Waals surface area (Å²) in [5, 5.41) is 5.44. The molecule has 5 nitrogen and oxygen atoms in total. The first-order valence-corrected chi connectivity index (χ1v) is 6.39. The van der Waals surface area contributed by atoms with E-state index in [2.05, 4.69) is 10.6 Å². The van der Waals surface area contributed by atoms with E-state index in [-0.39, 0.29) is 11.8 Å². The Kier molecular flexibility index (Phi) is 5.06. The fraction of sp³-hybridized carbons (Fsp3) is 0.429. The summed E-state index contributed by atoms with van der Waals surface area (Å²) >= 11 is 0. The number of carbonyl (C=O) groups excluding carboxylic acids is 2. The van der Waals surface area contributed by atoms with Crippen molar-refractivity contribution in [2.75, 3.05) is 11.9 Å². The van der Waals surface area contributed by atoms with E-state index >= 15 is 0 Å². The molecule has 104 valence electrons. The van der Waals surface area contributed by atoms with Gasteiger partial charge in [-0.05, 0) is 44.5 Å². The van der Waals surface area contributed by atoms with Crippen LogP contribution in [0.1, 0.15) is 37.6 Å². The summed E-state index contributed by atoms with van der Waals surface area (Å²) < 4.78 is 0. The van der Waals surface area contributed by atoms with Gasteiger partial charge in [0.2, 0.25) is 5.91 Å². The van der Waals surface area contributed by atoms with Crippen LogP contribution in [0.5, 0.6) is 0 Å². The molecule has 19 heavy (non-hydrogen) atoms. The van der Waals surface area contributed by atoms with Crippen molar-refractivity contribution in [3.63, 3.8) is 0 Å². The second kappa shape index (κ2) is 6.33. The lowest BCUT2D eigenvalue weighted by Gasteiger charge is -2.21. The number of rotatable bonds is 5. The molecule has 1 aromatic rings. The molecular formula is C14H21N3O2. The van der Waals surface area contributed by atoms with E-state index in [1.165, 1.54) is 0 Å². The van der Waals surface area contributed by atoms with Gasteiger partial charge in [0.1, 0.15) is 0 Å². The van der Waals surface area contributed by atoms with Gasteiger partial charge < -0.3 is 16.4 Å². The quantitative estimate of drug-likeness (QED) is 0.752. The highest BCUT2D eigenvalue weighted by Gasteiger charge is 2.25. The Morgan fingerprint density at radius 1 is 1.21 bits per heavy atom. The second-order valence-electron chi connectivity index (χ2n) is 4.66. The number of nitrogens with one attached hydrogen (secondary N) is 2. The molecule has 0 saturated carbocycles. The van der Waals surface area contributed by atoms with E-state index in [9.17, 15) is 9.59 Å². The van der Waals surface area contributed by atoms with Gasteiger partial charge in [-0.1, -0.05) is 6.92 Å². The topological polar surface area (TPSA) is 84.2 Å². The average molecular weight is 263 g/mol. The van der Waals surface area contributed by atoms with Gasteiger partial charge in [-0.25, -0.2) is 0 Å². The van der Waals surface area contributed by atoms with Crippen LogP contribution in [-0.2, 0) is 4.79 Å². The summed E-state index contributed by atoms with van der Waals surface area (Å²) in [5.74, 6) is -0.363. The molecule has 4 N–H and O–H groups in total. The van der Waals surface area contributed by atoms with Gasteiger partial charge in [0.15, 0.2) is 0 Å². The molecule has 0 fully saturated rings. The molecule has 0 aliphatic carbocycles. The molecule has 1 aromatic carbocycles. The van der Waals surface area contributed by atoms with Crippen molar-refractivity contribution < 1.29 is 9.59 Å². The molecule has 5 heteroatoms. The van der Waals surface area contributed by atoms with Gasteiger partial charge in [0.05, 0.1) is 5.54 Å². The molecular weight excluding hydrogens is 242 g/mol. The molecule has 0 spiro atoms. The summed E-state index contributed by atoms with van der Waals surface area (Å²) in [6, 6.07) is 6.71. The van der Waals surface area contributed by atoms with Gasteiger partial charge in [-0.2, -0.15) is 0 Å². The number of hydrogen-bond acceptors (Lipinski definition) is 3. The maximum Gasteiger partial charge on any atom is 0.251 e. The number of anilines is 1. The van der Waals surface area contributed by atoms with Crippen molar-refractivity contribution in [2.45, 2.75) is 32.7 Å². The van der Waals surface area contributed by atoms with Crippen molar-refractivity contribution in [1.82, 2.24) is 5.32 Å². The number of hydrogen-bond donors (Lipinski definition) is 3. The van der Waals surface area contributed by atoms with Gasteiger partial charge in [0, 0.05) is 17.8 Å². The third kappa shape index (κ3) is 4.06. The molecule has 2 amide bonds. The minimum atomic E-state index is -0.891. The lowest BCUT2D eigenvalue weighted by atomic mass is 9.99. The fourth-order valence-corrected chi connectivity index (χ4v) is 1.40. The van der Waals surface area contributed by atoms with Gasteiger partial charge >= 0.3 is 0 Å². The summed E-state index contributed by atoms with van der Waals surface area (Å²) in [6.45, 7) is 5.99. The zero-order chi connectivity index (χ0) is 14.5. The van der Waals surface area contributed by atoms with E-state index in [1.807, 2.05) is 13.8 Å². The second-order valence-corrected chi connectivity index (χ2v) is 4.66. The summed E-state index contributed by atoms with van der Waals surface area (Å²) in [7, 11) is 0. The molecule has 0 aromatic heterocycles. The van der Waals surface area contributed by atoms with Crippen molar-refractivity contribution >= 4 is 17.5 Å². The van der Waals surface area contributed by atoms with Crippen LogP contribution in [0.3, 0.4) is 0 Å². The third-order valence-corrected chi connectivity index (χ3v) is 3.00. The highest BCUT2D eigenvalue weighted by atomic mass is 16.2. The van der Waals surface area contributed by atoms with Crippen molar-refractivity contribution in [1.29, 1.82) is 0 Å². The van der Waals surface area contributed by atoms with Gasteiger partial charge in [-0.3, -0.25) is 9.59 Å². The number of benzene rings is 1. The lowest BCUT2D eigenvalue weighted by molar-refractivity contribution is -0.120. The largest absolute Gasteiger partial charge is 0.352 e. The van der Waals surface area contributed by atoms with Crippen LogP contribution < -0.4 is 16.4 Å². The van der Waals surface area contributed by atoms with Crippen molar-refractivity contribution in [3.05, 3.63) is 29.8 Å². The minimum Gasteiger partial charge on any atom is -0.352 e. The minimum absolute atomic E-state index is 0.127. The first kappa shape index (κ1) is 15.2. The number of amides is 2. The summed E-state index contributed by atoms with van der Waals surface area (Å²) in [6.07, 6.45) is 0.551. The maximum absolute atomic E-state index is 11.9. The molecule has 0 bridgehead atoms. The predicted octanol–water partition coefficient (Wildman–Crippen LogP) is 1.50. The van der Waals surface area contributed by atoms with Crippen LogP contribution in [0.2, 0.25) is 0 Å².